The lowest BCUT2D eigenvalue weighted by atomic mass is 9.82. The first-order valence-corrected chi connectivity index (χ1v) is 49.1. The SMILES string of the molecule is CCCCC(CC)Cn1c2cc(N(c3ccc4c(c3)C(C)(C)c3ccccc3-4)c3ccc4c(c3)C(C)(C)c3ccccc3-4)ccc2c2ccc3c(=O)n(-c4c(C(C)C)cccc4C(C)C)c(=O)c4ccc1c2c34.CCCCC(CC)Cn1c2cc(N(c3ccc4c(c3)C(C)(C)c3ccccc3-4)c3ccc4c(c3)C(C)(C)c3ccccc3-4)ccc2c2ccc3c(=O)oc(=O)c4ccc1c2c34. The number of nitrogens with zero attached hydrogens (tertiary/aromatic N) is 5. The van der Waals surface area contributed by atoms with Crippen LogP contribution in [0.15, 0.2) is 297 Å². The molecule has 4 aromatic heterocycles. The number of benzene rings is 15. The molecule has 0 aliphatic heterocycles. The van der Waals surface area contributed by atoms with Crippen LogP contribution < -0.4 is 32.2 Å². The second-order valence-electron chi connectivity index (χ2n) is 41.5. The van der Waals surface area contributed by atoms with Gasteiger partial charge in [0, 0.05) is 123 Å². The van der Waals surface area contributed by atoms with E-state index >= 15 is 9.59 Å². The quantitative estimate of drug-likeness (QED) is 0.0521. The number of hydrogen-bond donors (Lipinski definition) is 0. The van der Waals surface area contributed by atoms with E-state index in [1.165, 1.54) is 100 Å². The Morgan fingerprint density at radius 2 is 0.582 bits per heavy atom. The van der Waals surface area contributed by atoms with E-state index in [-0.39, 0.29) is 44.6 Å². The first-order chi connectivity index (χ1) is 64.7. The number of hydrogen-bond acceptors (Lipinski definition) is 7. The van der Waals surface area contributed by atoms with Crippen LogP contribution in [0.2, 0.25) is 0 Å². The lowest BCUT2D eigenvalue weighted by Gasteiger charge is -2.30. The number of rotatable bonds is 21. The van der Waals surface area contributed by atoms with Crippen LogP contribution in [-0.2, 0) is 34.7 Å². The fourth-order valence-electron chi connectivity index (χ4n) is 24.5. The van der Waals surface area contributed by atoms with Crippen molar-refractivity contribution in [2.45, 2.75) is 209 Å². The molecule has 134 heavy (non-hydrogen) atoms. The minimum Gasteiger partial charge on any atom is -0.386 e. The summed E-state index contributed by atoms with van der Waals surface area (Å²) in [5.41, 5.74) is 32.5. The summed E-state index contributed by atoms with van der Waals surface area (Å²) in [6, 6.07) is 100.0. The third kappa shape index (κ3) is 13.0. The molecule has 15 aromatic carbocycles. The van der Waals surface area contributed by atoms with Crippen LogP contribution >= 0.6 is 0 Å². The van der Waals surface area contributed by atoms with E-state index in [0.717, 1.165) is 169 Å². The third-order valence-electron chi connectivity index (χ3n) is 31.8. The van der Waals surface area contributed by atoms with Crippen LogP contribution in [0.3, 0.4) is 0 Å². The Bertz CT molecular complexity index is 8040. The fourth-order valence-corrected chi connectivity index (χ4v) is 24.5. The van der Waals surface area contributed by atoms with Crippen LogP contribution in [0, 0.1) is 11.8 Å². The molecule has 668 valence electrons. The Labute approximate surface area is 784 Å². The van der Waals surface area contributed by atoms with Gasteiger partial charge in [0.1, 0.15) is 0 Å². The van der Waals surface area contributed by atoms with Crippen LogP contribution in [0.25, 0.3) is 137 Å². The van der Waals surface area contributed by atoms with Crippen molar-refractivity contribution in [3.63, 3.8) is 0 Å². The normalized spacial score (nSPS) is 14.9. The fraction of sp³-hybridized carbons (Fsp3) is 0.274. The molecule has 0 amide bonds. The van der Waals surface area contributed by atoms with E-state index in [2.05, 4.69) is 372 Å². The highest BCUT2D eigenvalue weighted by atomic mass is 16.4. The van der Waals surface area contributed by atoms with Gasteiger partial charge in [-0.1, -0.05) is 313 Å². The molecule has 0 N–H and O–H groups in total. The molecule has 0 fully saturated rings. The Kier molecular flexibility index (Phi) is 20.5. The van der Waals surface area contributed by atoms with Gasteiger partial charge in [-0.05, 0) is 257 Å². The van der Waals surface area contributed by atoms with Crippen molar-refractivity contribution >= 4 is 121 Å². The largest absolute Gasteiger partial charge is 0.386 e. The second kappa shape index (κ2) is 32.0. The Morgan fingerprint density at radius 1 is 0.291 bits per heavy atom. The number of aromatic nitrogens is 3. The van der Waals surface area contributed by atoms with Gasteiger partial charge in [0.2, 0.25) is 0 Å². The van der Waals surface area contributed by atoms with Gasteiger partial charge in [0.05, 0.1) is 27.5 Å². The second-order valence-corrected chi connectivity index (χ2v) is 41.5. The van der Waals surface area contributed by atoms with Crippen molar-refractivity contribution in [2.75, 3.05) is 9.80 Å². The average molecular weight is 1760 g/mol. The van der Waals surface area contributed by atoms with Crippen molar-refractivity contribution < 1.29 is 4.42 Å². The lowest BCUT2D eigenvalue weighted by molar-refractivity contribution is 0.400. The molecular formula is C124H117N5O5. The smallest absolute Gasteiger partial charge is 0.346 e. The molecule has 0 saturated heterocycles. The maximum absolute atomic E-state index is 15.2. The number of unbranched alkanes of at least 4 members (excludes halogenated alkanes) is 2. The highest BCUT2D eigenvalue weighted by Gasteiger charge is 2.42. The van der Waals surface area contributed by atoms with Gasteiger partial charge in [0.25, 0.3) is 11.1 Å². The molecule has 0 bridgehead atoms. The first-order valence-electron chi connectivity index (χ1n) is 49.1. The highest BCUT2D eigenvalue weighted by molar-refractivity contribution is 6.29. The third-order valence-corrected chi connectivity index (χ3v) is 31.8. The Balaban J connectivity index is 0.000000158. The summed E-state index contributed by atoms with van der Waals surface area (Å²) < 4.78 is 11.7. The predicted molar refractivity (Wildman–Crippen MR) is 562 cm³/mol. The summed E-state index contributed by atoms with van der Waals surface area (Å²) in [6.07, 6.45) is 8.97. The Morgan fingerprint density at radius 3 is 0.925 bits per heavy atom. The zero-order chi connectivity index (χ0) is 92.8. The van der Waals surface area contributed by atoms with Gasteiger partial charge in [-0.3, -0.25) is 9.59 Å². The molecule has 23 rings (SSSR count). The van der Waals surface area contributed by atoms with Gasteiger partial charge in [-0.15, -0.1) is 0 Å². The molecular weight excluding hydrogens is 1640 g/mol. The molecule has 0 spiro atoms. The summed E-state index contributed by atoms with van der Waals surface area (Å²) in [5.74, 6) is 1.12. The molecule has 2 atom stereocenters. The van der Waals surface area contributed by atoms with Crippen LogP contribution in [0.1, 0.15) is 230 Å². The van der Waals surface area contributed by atoms with Crippen LogP contribution in [0.4, 0.5) is 34.1 Å². The maximum atomic E-state index is 15.2. The molecule has 4 aliphatic rings. The van der Waals surface area contributed by atoms with Crippen molar-refractivity contribution in [1.82, 2.24) is 13.7 Å². The van der Waals surface area contributed by atoms with E-state index in [4.69, 9.17) is 4.42 Å². The summed E-state index contributed by atoms with van der Waals surface area (Å²) in [7, 11) is 0. The van der Waals surface area contributed by atoms with Gasteiger partial charge in [-0.25, -0.2) is 14.2 Å². The van der Waals surface area contributed by atoms with Gasteiger partial charge in [-0.2, -0.15) is 0 Å². The van der Waals surface area contributed by atoms with Crippen molar-refractivity contribution in [3.8, 4) is 50.2 Å². The predicted octanol–water partition coefficient (Wildman–Crippen LogP) is 31.7. The van der Waals surface area contributed by atoms with Crippen molar-refractivity contribution in [1.29, 1.82) is 0 Å². The molecule has 19 aromatic rings. The van der Waals surface area contributed by atoms with E-state index in [9.17, 15) is 9.59 Å². The standard InChI is InChI=1S/C68H67N3O2.C56H50N2O3/c1-11-13-19-42(12-2)39-69-60-35-34-55-62-54(65(72)71(66(55)73)64-46(40(3)4)22-18-23-47(64)41(5)6)33-32-53(63(60)62)52-31-28-45(38-61(52)69)70(43-26-29-50-48-20-14-16-24-56(48)67(7,8)58(50)36-43)44-27-30-51-49-21-15-17-25-57(49)68(9,10)59(51)37-44;1-7-9-14-33(8-2)32-57-49-28-27-44-51-43(53(59)61-54(44)60)26-25-42(52(49)51)41-24-21-36(31-50(41)57)58(34-19-22-39-37-15-10-12-17-45(37)55(3,4)47(39)29-34)35-20-23-40-38-16-11-13-18-46(38)56(5,6)48(40)30-35/h14-18,20-38,40-42H,11-13,19,39H2,1-10H3;10-13,15-31,33H,7-9,14,32H2,1-6H3. The molecule has 4 heterocycles. The monoisotopic (exact) mass is 1760 g/mol. The minimum atomic E-state index is -0.583. The van der Waals surface area contributed by atoms with E-state index in [1.54, 1.807) is 0 Å². The van der Waals surface area contributed by atoms with Gasteiger partial charge < -0.3 is 23.4 Å². The number of fused-ring (bicyclic) bond motifs is 16. The van der Waals surface area contributed by atoms with Gasteiger partial charge >= 0.3 is 11.3 Å². The highest BCUT2D eigenvalue weighted by Crippen LogP contribution is 2.58. The molecule has 2 unspecified atom stereocenters. The van der Waals surface area contributed by atoms with E-state index < -0.39 is 11.3 Å². The summed E-state index contributed by atoms with van der Waals surface area (Å²) in [5, 5.41) is 9.72. The Hall–Kier alpha value is -13.7. The van der Waals surface area contributed by atoms with E-state index in [1.807, 2.05) is 30.3 Å². The lowest BCUT2D eigenvalue weighted by Crippen LogP contribution is -2.33. The number of para-hydroxylation sites is 1. The van der Waals surface area contributed by atoms with Crippen LogP contribution in [0.5, 0.6) is 0 Å². The summed E-state index contributed by atoms with van der Waals surface area (Å²) in [6.45, 7) is 38.2. The molecule has 0 saturated carbocycles. The van der Waals surface area contributed by atoms with Crippen molar-refractivity contribution in [2.24, 2.45) is 11.8 Å². The molecule has 10 heteroatoms. The topological polar surface area (TPSA) is 103 Å². The zero-order valence-electron chi connectivity index (χ0n) is 80.1. The molecule has 4 aliphatic carbocycles. The number of pyridine rings is 3. The summed E-state index contributed by atoms with van der Waals surface area (Å²) >= 11 is 0. The maximum Gasteiger partial charge on any atom is 0.346 e. The van der Waals surface area contributed by atoms with Crippen LogP contribution in [-0.4, -0.2) is 13.7 Å². The summed E-state index contributed by atoms with van der Waals surface area (Å²) in [4.78, 5) is 61.6. The number of anilines is 6. The van der Waals surface area contributed by atoms with Crippen molar-refractivity contribution in [3.05, 3.63) is 370 Å². The van der Waals surface area contributed by atoms with E-state index in [0.29, 0.717) is 38.8 Å². The average Bonchev–Trinajstić information content (AvgIpc) is 1.44. The van der Waals surface area contributed by atoms with Gasteiger partial charge in [0.15, 0.2) is 0 Å². The molecule has 0 radical (unpaired) electrons. The minimum absolute atomic E-state index is 0.120. The first kappa shape index (κ1) is 85.8. The zero-order valence-corrected chi connectivity index (χ0v) is 80.1. The molecule has 10 nitrogen and oxygen atoms in total.